The lowest BCUT2D eigenvalue weighted by Crippen LogP contribution is -2.24. The van der Waals surface area contributed by atoms with Gasteiger partial charge in [-0.25, -0.2) is 13.4 Å². The van der Waals surface area contributed by atoms with E-state index in [2.05, 4.69) is 10.1 Å². The molecule has 0 radical (unpaired) electrons. The SMILES string of the molecule is CCS(=O)(=O)c1cccnc1-n1ncc2ccc(C(F)(F)F)cc2c1=O. The minimum Gasteiger partial charge on any atom is -0.267 e. The molecule has 3 aromatic rings. The van der Waals surface area contributed by atoms with Crippen LogP contribution in [0.2, 0.25) is 0 Å². The van der Waals surface area contributed by atoms with Crippen LogP contribution in [0.25, 0.3) is 16.6 Å². The second-order valence-electron chi connectivity index (χ2n) is 5.39. The van der Waals surface area contributed by atoms with Gasteiger partial charge in [0.2, 0.25) is 0 Å². The number of halogens is 3. The van der Waals surface area contributed by atoms with E-state index in [4.69, 9.17) is 0 Å². The molecule has 6 nitrogen and oxygen atoms in total. The number of aromatic nitrogens is 3. The van der Waals surface area contributed by atoms with Gasteiger partial charge in [-0.15, -0.1) is 0 Å². The number of benzene rings is 1. The predicted octanol–water partition coefficient (Wildman–Crippen LogP) is 2.59. The molecule has 26 heavy (non-hydrogen) atoms. The molecule has 0 aliphatic heterocycles. The molecule has 0 fully saturated rings. The Morgan fingerprint density at radius 3 is 2.58 bits per heavy atom. The Bertz CT molecular complexity index is 1150. The van der Waals surface area contributed by atoms with Gasteiger partial charge in [0, 0.05) is 11.6 Å². The van der Waals surface area contributed by atoms with Crippen molar-refractivity contribution in [2.45, 2.75) is 18.0 Å². The van der Waals surface area contributed by atoms with Gasteiger partial charge in [0.15, 0.2) is 15.7 Å². The number of pyridine rings is 1. The van der Waals surface area contributed by atoms with Gasteiger partial charge in [0.05, 0.1) is 22.9 Å². The van der Waals surface area contributed by atoms with E-state index in [9.17, 15) is 26.4 Å². The highest BCUT2D eigenvalue weighted by atomic mass is 32.2. The van der Waals surface area contributed by atoms with Gasteiger partial charge >= 0.3 is 6.18 Å². The molecule has 0 saturated heterocycles. The third-order valence-electron chi connectivity index (χ3n) is 3.78. The second kappa shape index (κ2) is 6.20. The molecule has 0 aliphatic rings. The quantitative estimate of drug-likeness (QED) is 0.694. The normalized spacial score (nSPS) is 12.5. The summed E-state index contributed by atoms with van der Waals surface area (Å²) < 4.78 is 63.9. The van der Waals surface area contributed by atoms with Crippen LogP contribution < -0.4 is 5.56 Å². The summed E-state index contributed by atoms with van der Waals surface area (Å²) in [5.74, 6) is -0.481. The van der Waals surface area contributed by atoms with Gasteiger partial charge in [-0.1, -0.05) is 13.0 Å². The van der Waals surface area contributed by atoms with Crippen LogP contribution in [0.1, 0.15) is 12.5 Å². The van der Waals surface area contributed by atoms with Gasteiger partial charge in [0.25, 0.3) is 5.56 Å². The summed E-state index contributed by atoms with van der Waals surface area (Å²) >= 11 is 0. The molecule has 0 aliphatic carbocycles. The molecular formula is C16H12F3N3O3S. The monoisotopic (exact) mass is 383 g/mol. The zero-order valence-corrected chi connectivity index (χ0v) is 14.2. The molecule has 0 bridgehead atoms. The number of sulfone groups is 1. The van der Waals surface area contributed by atoms with Crippen molar-refractivity contribution < 1.29 is 21.6 Å². The Hall–Kier alpha value is -2.75. The van der Waals surface area contributed by atoms with E-state index in [1.165, 1.54) is 31.5 Å². The third kappa shape index (κ3) is 3.07. The molecule has 0 spiro atoms. The maximum atomic E-state index is 12.9. The number of hydrogen-bond donors (Lipinski definition) is 0. The van der Waals surface area contributed by atoms with Crippen LogP contribution in [0.15, 0.2) is 52.4 Å². The summed E-state index contributed by atoms with van der Waals surface area (Å²) in [7, 11) is -3.72. The van der Waals surface area contributed by atoms with E-state index in [1.54, 1.807) is 0 Å². The van der Waals surface area contributed by atoms with Crippen LogP contribution >= 0.6 is 0 Å². The summed E-state index contributed by atoms with van der Waals surface area (Å²) in [5.41, 5.74) is -1.87. The van der Waals surface area contributed by atoms with E-state index >= 15 is 0 Å². The van der Waals surface area contributed by atoms with Crippen LogP contribution in [0.4, 0.5) is 13.2 Å². The first-order chi connectivity index (χ1) is 12.1. The molecule has 0 saturated carbocycles. The first-order valence-corrected chi connectivity index (χ1v) is 9.08. The lowest BCUT2D eigenvalue weighted by atomic mass is 10.1. The average molecular weight is 383 g/mol. The Labute approximate surface area is 145 Å². The Kier molecular flexibility index (Phi) is 4.31. The molecular weight excluding hydrogens is 371 g/mol. The van der Waals surface area contributed by atoms with Crippen LogP contribution in [-0.4, -0.2) is 28.9 Å². The average Bonchev–Trinajstić information content (AvgIpc) is 2.61. The summed E-state index contributed by atoms with van der Waals surface area (Å²) in [6, 6.07) is 5.36. The fraction of sp³-hybridized carbons (Fsp3) is 0.188. The van der Waals surface area contributed by atoms with Crippen LogP contribution in [0.5, 0.6) is 0 Å². The second-order valence-corrected chi connectivity index (χ2v) is 7.64. The number of nitrogens with zero attached hydrogens (tertiary/aromatic N) is 3. The Balaban J connectivity index is 2.32. The summed E-state index contributed by atoms with van der Waals surface area (Å²) in [4.78, 5) is 16.4. The molecule has 0 N–H and O–H groups in total. The Morgan fingerprint density at radius 1 is 1.19 bits per heavy atom. The van der Waals surface area contributed by atoms with E-state index < -0.39 is 27.1 Å². The molecule has 0 atom stereocenters. The maximum absolute atomic E-state index is 12.9. The van der Waals surface area contributed by atoms with Crippen molar-refractivity contribution >= 4 is 20.6 Å². The van der Waals surface area contributed by atoms with Gasteiger partial charge in [-0.3, -0.25) is 4.79 Å². The molecule has 2 heterocycles. The van der Waals surface area contributed by atoms with Crippen molar-refractivity contribution in [3.8, 4) is 5.82 Å². The van der Waals surface area contributed by atoms with Crippen molar-refractivity contribution in [3.05, 3.63) is 58.6 Å². The standard InChI is InChI=1S/C16H12F3N3O3S/c1-2-26(24,25)13-4-3-7-20-14(13)22-15(23)12-8-11(16(17,18)19)6-5-10(12)9-21-22/h3-9H,2H2,1H3. The lowest BCUT2D eigenvalue weighted by molar-refractivity contribution is -0.137. The number of alkyl halides is 3. The minimum absolute atomic E-state index is 0.204. The first-order valence-electron chi connectivity index (χ1n) is 7.42. The summed E-state index contributed by atoms with van der Waals surface area (Å²) in [6.07, 6.45) is -2.15. The number of fused-ring (bicyclic) bond motifs is 1. The van der Waals surface area contributed by atoms with Crippen LogP contribution in [-0.2, 0) is 16.0 Å². The van der Waals surface area contributed by atoms with Crippen molar-refractivity contribution in [1.82, 2.24) is 14.8 Å². The van der Waals surface area contributed by atoms with E-state index in [1.807, 2.05) is 0 Å². The van der Waals surface area contributed by atoms with Crippen LogP contribution in [0, 0.1) is 0 Å². The molecule has 1 aromatic carbocycles. The predicted molar refractivity (Wildman–Crippen MR) is 87.9 cm³/mol. The van der Waals surface area contributed by atoms with Gasteiger partial charge < -0.3 is 0 Å². The number of rotatable bonds is 3. The van der Waals surface area contributed by atoms with Crippen molar-refractivity contribution in [2.75, 3.05) is 5.75 Å². The lowest BCUT2D eigenvalue weighted by Gasteiger charge is -2.11. The van der Waals surface area contributed by atoms with Crippen molar-refractivity contribution in [1.29, 1.82) is 0 Å². The van der Waals surface area contributed by atoms with E-state index in [0.29, 0.717) is 10.7 Å². The van der Waals surface area contributed by atoms with Gasteiger partial charge in [-0.05, 0) is 24.3 Å². The number of hydrogen-bond acceptors (Lipinski definition) is 5. The van der Waals surface area contributed by atoms with Gasteiger partial charge in [0.1, 0.15) is 4.90 Å². The summed E-state index contributed by atoms with van der Waals surface area (Å²) in [5, 5.41) is 3.84. The smallest absolute Gasteiger partial charge is 0.267 e. The highest BCUT2D eigenvalue weighted by Crippen LogP contribution is 2.30. The molecule has 3 rings (SSSR count). The van der Waals surface area contributed by atoms with Gasteiger partial charge in [-0.2, -0.15) is 23.0 Å². The molecule has 0 amide bonds. The fourth-order valence-corrected chi connectivity index (χ4v) is 3.42. The largest absolute Gasteiger partial charge is 0.416 e. The third-order valence-corrected chi connectivity index (χ3v) is 5.53. The molecule has 10 heteroatoms. The summed E-state index contributed by atoms with van der Waals surface area (Å²) in [6.45, 7) is 1.43. The first kappa shape index (κ1) is 18.1. The molecule has 136 valence electrons. The highest BCUT2D eigenvalue weighted by Gasteiger charge is 2.31. The topological polar surface area (TPSA) is 81.9 Å². The zero-order valence-electron chi connectivity index (χ0n) is 13.4. The van der Waals surface area contributed by atoms with E-state index in [-0.39, 0.29) is 27.2 Å². The Morgan fingerprint density at radius 2 is 1.92 bits per heavy atom. The minimum atomic E-state index is -4.61. The molecule has 0 unspecified atom stereocenters. The highest BCUT2D eigenvalue weighted by molar-refractivity contribution is 7.91. The zero-order chi connectivity index (χ0) is 19.1. The molecule has 2 aromatic heterocycles. The van der Waals surface area contributed by atoms with E-state index in [0.717, 1.165) is 12.1 Å². The van der Waals surface area contributed by atoms with Crippen LogP contribution in [0.3, 0.4) is 0 Å². The van der Waals surface area contributed by atoms with Crippen molar-refractivity contribution in [2.24, 2.45) is 0 Å². The van der Waals surface area contributed by atoms with Crippen molar-refractivity contribution in [3.63, 3.8) is 0 Å². The fourth-order valence-electron chi connectivity index (χ4n) is 2.41. The maximum Gasteiger partial charge on any atom is 0.416 e.